The van der Waals surface area contributed by atoms with Crippen molar-refractivity contribution in [2.75, 3.05) is 0 Å². The molecule has 4 rings (SSSR count). The van der Waals surface area contributed by atoms with Gasteiger partial charge in [-0.3, -0.25) is 4.79 Å². The molecule has 0 amide bonds. The molecule has 0 saturated carbocycles. The molecule has 2 N–H and O–H groups in total. The minimum absolute atomic E-state index is 0.0293. The quantitative estimate of drug-likeness (QED) is 0.894. The zero-order chi connectivity index (χ0) is 19.0. The molecule has 1 unspecified atom stereocenters. The summed E-state index contributed by atoms with van der Waals surface area (Å²) >= 11 is 0. The number of hydrogen-bond donors (Lipinski definition) is 1. The van der Waals surface area contributed by atoms with Crippen LogP contribution in [0.15, 0.2) is 57.6 Å². The van der Waals surface area contributed by atoms with E-state index in [0.717, 1.165) is 12.0 Å². The van der Waals surface area contributed by atoms with Crippen molar-refractivity contribution in [3.8, 4) is 17.4 Å². The van der Waals surface area contributed by atoms with E-state index >= 15 is 0 Å². The number of ketones is 1. The maximum Gasteiger partial charge on any atom is 0.205 e. The van der Waals surface area contributed by atoms with E-state index in [9.17, 15) is 10.1 Å². The van der Waals surface area contributed by atoms with Gasteiger partial charge < -0.3 is 15.0 Å². The average Bonchev–Trinajstić information content (AvgIpc) is 3.17. The minimum atomic E-state index is -0.640. The third kappa shape index (κ3) is 2.91. The number of nitrogens with two attached hydrogens (primary N) is 1. The number of Topliss-reactive ketones (excluding diaryl/α,β-unsaturated/α-hetero) is 1. The van der Waals surface area contributed by atoms with Crippen molar-refractivity contribution >= 4 is 5.78 Å². The van der Waals surface area contributed by atoms with Gasteiger partial charge in [-0.1, -0.05) is 36.3 Å². The van der Waals surface area contributed by atoms with Crippen molar-refractivity contribution in [3.63, 3.8) is 0 Å². The Bertz CT molecular complexity index is 1010. The van der Waals surface area contributed by atoms with E-state index < -0.39 is 5.92 Å². The molecule has 136 valence electrons. The van der Waals surface area contributed by atoms with Crippen molar-refractivity contribution in [2.24, 2.45) is 5.73 Å². The summed E-state index contributed by atoms with van der Waals surface area (Å²) in [6.45, 7) is 2.10. The van der Waals surface area contributed by atoms with Gasteiger partial charge in [0.05, 0.1) is 11.6 Å². The highest BCUT2D eigenvalue weighted by molar-refractivity contribution is 5.99. The van der Waals surface area contributed by atoms with Crippen molar-refractivity contribution in [2.45, 2.75) is 38.5 Å². The molecule has 1 aliphatic heterocycles. The van der Waals surface area contributed by atoms with Gasteiger partial charge in [-0.25, -0.2) is 0 Å². The summed E-state index contributed by atoms with van der Waals surface area (Å²) < 4.78 is 11.1. The molecule has 1 atom stereocenters. The van der Waals surface area contributed by atoms with E-state index in [1.807, 2.05) is 24.3 Å². The lowest BCUT2D eigenvalue weighted by molar-refractivity contribution is -0.116. The number of aromatic nitrogens is 1. The fourth-order valence-corrected chi connectivity index (χ4v) is 3.62. The fraction of sp³-hybridized carbons (Fsp3) is 0.286. The molecule has 1 aromatic carbocycles. The summed E-state index contributed by atoms with van der Waals surface area (Å²) in [7, 11) is 0. The van der Waals surface area contributed by atoms with Gasteiger partial charge >= 0.3 is 0 Å². The first-order chi connectivity index (χ1) is 13.1. The Labute approximate surface area is 156 Å². The van der Waals surface area contributed by atoms with E-state index in [2.05, 4.69) is 18.1 Å². The number of hydrogen-bond acceptors (Lipinski definition) is 6. The summed E-state index contributed by atoms with van der Waals surface area (Å²) in [6, 6.07) is 11.9. The first-order valence-electron chi connectivity index (χ1n) is 9.02. The molecule has 2 aliphatic rings. The number of aryl methyl sites for hydroxylation is 1. The first kappa shape index (κ1) is 17.1. The second-order valence-corrected chi connectivity index (χ2v) is 6.70. The van der Waals surface area contributed by atoms with Crippen molar-refractivity contribution in [1.82, 2.24) is 5.16 Å². The van der Waals surface area contributed by atoms with Crippen LogP contribution < -0.4 is 5.73 Å². The SMILES string of the molecule is CCc1ccc(-c2cc(C3C(C#N)=C(N)OC4=C3C(=O)CCC4)no2)cc1. The maximum absolute atomic E-state index is 12.6. The van der Waals surface area contributed by atoms with Gasteiger partial charge in [0.1, 0.15) is 17.4 Å². The Kier molecular flexibility index (Phi) is 4.28. The van der Waals surface area contributed by atoms with Gasteiger partial charge in [0.15, 0.2) is 11.5 Å². The van der Waals surface area contributed by atoms with E-state index in [0.29, 0.717) is 42.0 Å². The molecule has 2 aromatic rings. The molecule has 6 nitrogen and oxygen atoms in total. The molecule has 1 aromatic heterocycles. The van der Waals surface area contributed by atoms with Crippen LogP contribution in [0, 0.1) is 11.3 Å². The number of allylic oxidation sites excluding steroid dienone is 3. The summed E-state index contributed by atoms with van der Waals surface area (Å²) in [5.41, 5.74) is 9.24. The summed E-state index contributed by atoms with van der Waals surface area (Å²) in [4.78, 5) is 12.6. The summed E-state index contributed by atoms with van der Waals surface area (Å²) in [5.74, 6) is 0.495. The zero-order valence-electron chi connectivity index (χ0n) is 15.0. The van der Waals surface area contributed by atoms with Crippen LogP contribution in [-0.2, 0) is 16.0 Å². The Morgan fingerprint density at radius 3 is 2.78 bits per heavy atom. The van der Waals surface area contributed by atoms with Gasteiger partial charge in [0, 0.05) is 30.0 Å². The third-order valence-electron chi connectivity index (χ3n) is 5.08. The molecular weight excluding hydrogens is 342 g/mol. The van der Waals surface area contributed by atoms with E-state index in [4.69, 9.17) is 15.0 Å². The van der Waals surface area contributed by atoms with E-state index in [1.54, 1.807) is 6.07 Å². The van der Waals surface area contributed by atoms with Crippen LogP contribution in [0.4, 0.5) is 0 Å². The van der Waals surface area contributed by atoms with E-state index in [-0.39, 0.29) is 17.2 Å². The standard InChI is InChI=1S/C21H19N3O3/c1-2-12-6-8-13(9-7-12)18-10-15(24-27-18)19-14(11-22)21(23)26-17-5-3-4-16(25)20(17)19/h6-10,19H,2-5,23H2,1H3. The number of ether oxygens (including phenoxy) is 1. The molecule has 1 aliphatic carbocycles. The number of carbonyl (C=O) groups is 1. The van der Waals surface area contributed by atoms with Gasteiger partial charge in [-0.2, -0.15) is 5.26 Å². The lowest BCUT2D eigenvalue weighted by Gasteiger charge is -2.29. The van der Waals surface area contributed by atoms with Gasteiger partial charge in [0.2, 0.25) is 5.88 Å². The number of nitrogens with zero attached hydrogens (tertiary/aromatic N) is 2. The molecule has 6 heteroatoms. The zero-order valence-corrected chi connectivity index (χ0v) is 15.0. The highest BCUT2D eigenvalue weighted by Crippen LogP contribution is 2.43. The predicted octanol–water partition coefficient (Wildman–Crippen LogP) is 3.72. The minimum Gasteiger partial charge on any atom is -0.444 e. The topological polar surface area (TPSA) is 102 Å². The molecule has 27 heavy (non-hydrogen) atoms. The second kappa shape index (κ2) is 6.76. The number of rotatable bonds is 3. The molecule has 0 spiro atoms. The van der Waals surface area contributed by atoms with Crippen LogP contribution in [0.25, 0.3) is 11.3 Å². The van der Waals surface area contributed by atoms with Gasteiger partial charge in [-0.05, 0) is 18.4 Å². The molecule has 2 heterocycles. The average molecular weight is 361 g/mol. The molecule has 0 saturated heterocycles. The van der Waals surface area contributed by atoms with Gasteiger partial charge in [-0.15, -0.1) is 0 Å². The van der Waals surface area contributed by atoms with Crippen molar-refractivity contribution in [1.29, 1.82) is 5.26 Å². The molecular formula is C21H19N3O3. The van der Waals surface area contributed by atoms with Crippen LogP contribution in [0.5, 0.6) is 0 Å². The summed E-state index contributed by atoms with van der Waals surface area (Å²) in [6.07, 6.45) is 2.73. The maximum atomic E-state index is 12.6. The molecule has 0 fully saturated rings. The molecule has 0 bridgehead atoms. The first-order valence-corrected chi connectivity index (χ1v) is 9.02. The normalized spacial score (nSPS) is 19.6. The van der Waals surface area contributed by atoms with Crippen LogP contribution in [-0.4, -0.2) is 10.9 Å². The van der Waals surface area contributed by atoms with Crippen LogP contribution >= 0.6 is 0 Å². The smallest absolute Gasteiger partial charge is 0.205 e. The second-order valence-electron chi connectivity index (χ2n) is 6.70. The predicted molar refractivity (Wildman–Crippen MR) is 97.9 cm³/mol. The lowest BCUT2D eigenvalue weighted by Crippen LogP contribution is -2.27. The Morgan fingerprint density at radius 1 is 1.30 bits per heavy atom. The Balaban J connectivity index is 1.77. The largest absolute Gasteiger partial charge is 0.444 e. The summed E-state index contributed by atoms with van der Waals surface area (Å²) in [5, 5.41) is 13.8. The highest BCUT2D eigenvalue weighted by atomic mass is 16.5. The highest BCUT2D eigenvalue weighted by Gasteiger charge is 2.39. The van der Waals surface area contributed by atoms with Crippen LogP contribution in [0.3, 0.4) is 0 Å². The van der Waals surface area contributed by atoms with Gasteiger partial charge in [0.25, 0.3) is 0 Å². The van der Waals surface area contributed by atoms with Crippen molar-refractivity contribution in [3.05, 3.63) is 64.4 Å². The molecule has 0 radical (unpaired) electrons. The van der Waals surface area contributed by atoms with Crippen LogP contribution in [0.1, 0.15) is 43.4 Å². The fourth-order valence-electron chi connectivity index (χ4n) is 3.62. The Hall–Kier alpha value is -3.33. The number of benzene rings is 1. The lowest BCUT2D eigenvalue weighted by atomic mass is 9.79. The Morgan fingerprint density at radius 2 is 2.07 bits per heavy atom. The van der Waals surface area contributed by atoms with Crippen molar-refractivity contribution < 1.29 is 14.1 Å². The number of carbonyl (C=O) groups excluding carboxylic acids is 1. The third-order valence-corrected chi connectivity index (χ3v) is 5.08. The number of nitriles is 1. The van der Waals surface area contributed by atoms with E-state index in [1.165, 1.54) is 5.56 Å². The van der Waals surface area contributed by atoms with Crippen LogP contribution in [0.2, 0.25) is 0 Å². The monoisotopic (exact) mass is 361 g/mol.